The van der Waals surface area contributed by atoms with Crippen molar-refractivity contribution in [2.75, 3.05) is 12.8 Å². The van der Waals surface area contributed by atoms with Gasteiger partial charge >= 0.3 is 0 Å². The number of hydrogen-bond donors (Lipinski definition) is 2. The summed E-state index contributed by atoms with van der Waals surface area (Å²) in [6.07, 6.45) is 0.862. The van der Waals surface area contributed by atoms with E-state index in [0.717, 1.165) is 6.42 Å². The van der Waals surface area contributed by atoms with Gasteiger partial charge in [0.05, 0.1) is 7.11 Å². The number of anilines is 1. The Balaban J connectivity index is 2.97. The zero-order valence-electron chi connectivity index (χ0n) is 13.3. The van der Waals surface area contributed by atoms with Gasteiger partial charge in [-0.25, -0.2) is 0 Å². The van der Waals surface area contributed by atoms with Gasteiger partial charge in [0.1, 0.15) is 11.3 Å². The molecule has 0 atom stereocenters. The lowest BCUT2D eigenvalue weighted by atomic mass is 9.81. The first kappa shape index (κ1) is 16.3. The Labute approximate surface area is 121 Å². The van der Waals surface area contributed by atoms with E-state index >= 15 is 0 Å². The number of methoxy groups -OCH3 is 1. The summed E-state index contributed by atoms with van der Waals surface area (Å²) in [4.78, 5) is 12.5. The molecule has 1 aromatic rings. The van der Waals surface area contributed by atoms with Gasteiger partial charge < -0.3 is 15.8 Å². The second-order valence-corrected chi connectivity index (χ2v) is 7.00. The van der Waals surface area contributed by atoms with Crippen LogP contribution in [0.3, 0.4) is 0 Å². The minimum absolute atomic E-state index is 0.128. The second kappa shape index (κ2) is 5.73. The molecule has 0 saturated carbocycles. The molecule has 1 aromatic carbocycles. The fourth-order valence-electron chi connectivity index (χ4n) is 2.70. The number of carbonyl (C=O) groups excluding carboxylic acids is 1. The Morgan fingerprint density at radius 3 is 2.35 bits per heavy atom. The van der Waals surface area contributed by atoms with E-state index in [1.54, 1.807) is 18.2 Å². The van der Waals surface area contributed by atoms with Crippen LogP contribution in [-0.4, -0.2) is 18.6 Å². The molecular weight excluding hydrogens is 252 g/mol. The van der Waals surface area contributed by atoms with Crippen molar-refractivity contribution in [3.05, 3.63) is 23.8 Å². The van der Waals surface area contributed by atoms with E-state index in [9.17, 15) is 4.79 Å². The van der Waals surface area contributed by atoms with Crippen LogP contribution < -0.4 is 15.8 Å². The molecule has 4 nitrogen and oxygen atoms in total. The Bertz CT molecular complexity index is 488. The first-order chi connectivity index (χ1) is 9.06. The largest absolute Gasteiger partial charge is 0.496 e. The first-order valence-electron chi connectivity index (χ1n) is 6.81. The maximum Gasteiger partial charge on any atom is 0.257 e. The molecular formula is C16H26N2O2. The number of hydrogen-bond acceptors (Lipinski definition) is 3. The van der Waals surface area contributed by atoms with Crippen molar-refractivity contribution in [2.45, 2.75) is 46.6 Å². The summed E-state index contributed by atoms with van der Waals surface area (Å²) < 4.78 is 5.22. The third-order valence-electron chi connectivity index (χ3n) is 2.93. The monoisotopic (exact) mass is 278 g/mol. The van der Waals surface area contributed by atoms with Crippen LogP contribution in [0, 0.1) is 5.41 Å². The molecule has 20 heavy (non-hydrogen) atoms. The highest BCUT2D eigenvalue weighted by atomic mass is 16.5. The maximum atomic E-state index is 12.5. The summed E-state index contributed by atoms with van der Waals surface area (Å²) in [6, 6.07) is 5.21. The quantitative estimate of drug-likeness (QED) is 0.831. The Hall–Kier alpha value is -1.71. The van der Waals surface area contributed by atoms with Crippen LogP contribution in [0.2, 0.25) is 0 Å². The van der Waals surface area contributed by atoms with E-state index in [1.807, 2.05) is 13.8 Å². The predicted octanol–water partition coefficient (Wildman–Crippen LogP) is 3.22. The molecule has 0 aliphatic rings. The summed E-state index contributed by atoms with van der Waals surface area (Å²) in [7, 11) is 1.53. The average molecular weight is 278 g/mol. The topological polar surface area (TPSA) is 64.3 Å². The molecule has 0 bridgehead atoms. The highest BCUT2D eigenvalue weighted by Gasteiger charge is 2.28. The van der Waals surface area contributed by atoms with Crippen LogP contribution in [0.5, 0.6) is 5.75 Å². The van der Waals surface area contributed by atoms with Gasteiger partial charge in [0, 0.05) is 11.2 Å². The number of carbonyl (C=O) groups is 1. The number of amides is 1. The van der Waals surface area contributed by atoms with Crippen LogP contribution in [0.1, 0.15) is 51.4 Å². The fraction of sp³-hybridized carbons (Fsp3) is 0.562. The highest BCUT2D eigenvalue weighted by molar-refractivity contribution is 6.02. The first-order valence-corrected chi connectivity index (χ1v) is 6.81. The minimum Gasteiger partial charge on any atom is -0.496 e. The molecule has 3 N–H and O–H groups in total. The summed E-state index contributed by atoms with van der Waals surface area (Å²) in [5.41, 5.74) is 6.54. The van der Waals surface area contributed by atoms with Crippen LogP contribution in [0.25, 0.3) is 0 Å². The van der Waals surface area contributed by atoms with Crippen LogP contribution in [0.4, 0.5) is 5.69 Å². The number of ether oxygens (including phenoxy) is 1. The minimum atomic E-state index is -0.317. The Morgan fingerprint density at radius 2 is 1.85 bits per heavy atom. The van der Waals surface area contributed by atoms with Crippen molar-refractivity contribution in [1.82, 2.24) is 5.32 Å². The Kier molecular flexibility index (Phi) is 4.69. The third kappa shape index (κ3) is 4.44. The van der Waals surface area contributed by atoms with Crippen molar-refractivity contribution < 1.29 is 9.53 Å². The molecule has 1 amide bonds. The lowest BCUT2D eigenvalue weighted by molar-refractivity contribution is 0.0889. The maximum absolute atomic E-state index is 12.5. The lowest BCUT2D eigenvalue weighted by Gasteiger charge is -2.33. The smallest absolute Gasteiger partial charge is 0.257 e. The zero-order valence-corrected chi connectivity index (χ0v) is 13.3. The number of rotatable bonds is 4. The Morgan fingerprint density at radius 1 is 1.25 bits per heavy atom. The molecule has 0 heterocycles. The highest BCUT2D eigenvalue weighted by Crippen LogP contribution is 2.29. The zero-order chi connectivity index (χ0) is 15.6. The summed E-state index contributed by atoms with van der Waals surface area (Å²) in [5.74, 6) is 0.295. The van der Waals surface area contributed by atoms with Gasteiger partial charge in [0.15, 0.2) is 0 Å². The van der Waals surface area contributed by atoms with E-state index in [-0.39, 0.29) is 16.9 Å². The van der Waals surface area contributed by atoms with Crippen molar-refractivity contribution in [1.29, 1.82) is 0 Å². The number of benzene rings is 1. The molecule has 0 saturated heterocycles. The van der Waals surface area contributed by atoms with Crippen molar-refractivity contribution in [3.8, 4) is 5.75 Å². The normalized spacial score (nSPS) is 12.1. The molecule has 1 rings (SSSR count). The van der Waals surface area contributed by atoms with E-state index in [2.05, 4.69) is 26.1 Å². The van der Waals surface area contributed by atoms with E-state index in [4.69, 9.17) is 10.5 Å². The van der Waals surface area contributed by atoms with E-state index in [1.165, 1.54) is 7.11 Å². The summed E-state index contributed by atoms with van der Waals surface area (Å²) in [5, 5.41) is 3.05. The molecule has 0 spiro atoms. The molecule has 0 aliphatic carbocycles. The lowest BCUT2D eigenvalue weighted by Crippen LogP contribution is -2.46. The van der Waals surface area contributed by atoms with Crippen LogP contribution >= 0.6 is 0 Å². The number of nitrogen functional groups attached to an aromatic ring is 1. The molecule has 0 aromatic heterocycles. The average Bonchev–Trinajstić information content (AvgIpc) is 2.23. The van der Waals surface area contributed by atoms with Gasteiger partial charge in [-0.15, -0.1) is 0 Å². The third-order valence-corrected chi connectivity index (χ3v) is 2.93. The molecule has 0 unspecified atom stereocenters. The fourth-order valence-corrected chi connectivity index (χ4v) is 2.70. The van der Waals surface area contributed by atoms with Crippen molar-refractivity contribution >= 4 is 11.6 Å². The van der Waals surface area contributed by atoms with Gasteiger partial charge in [-0.05, 0) is 37.8 Å². The second-order valence-electron chi connectivity index (χ2n) is 7.00. The van der Waals surface area contributed by atoms with Crippen LogP contribution in [0.15, 0.2) is 18.2 Å². The van der Waals surface area contributed by atoms with Gasteiger partial charge in [0.25, 0.3) is 5.91 Å². The molecule has 112 valence electrons. The van der Waals surface area contributed by atoms with Crippen LogP contribution in [-0.2, 0) is 0 Å². The van der Waals surface area contributed by atoms with Crippen molar-refractivity contribution in [2.24, 2.45) is 5.41 Å². The van der Waals surface area contributed by atoms with Gasteiger partial charge in [-0.1, -0.05) is 26.8 Å². The molecule has 0 aliphatic heterocycles. The molecule has 0 fully saturated rings. The number of nitrogens with two attached hydrogens (primary N) is 1. The number of nitrogens with one attached hydrogen (secondary N) is 1. The van der Waals surface area contributed by atoms with Crippen molar-refractivity contribution in [3.63, 3.8) is 0 Å². The molecule has 0 radical (unpaired) electrons. The van der Waals surface area contributed by atoms with Gasteiger partial charge in [-0.3, -0.25) is 4.79 Å². The standard InChI is InChI=1S/C16H26N2O2/c1-15(2,3)10-16(4,5)18-14(19)13-11(17)8-7-9-12(13)20-6/h7-9H,10,17H2,1-6H3,(H,18,19). The summed E-state index contributed by atoms with van der Waals surface area (Å²) in [6.45, 7) is 10.5. The van der Waals surface area contributed by atoms with Gasteiger partial charge in [0.2, 0.25) is 0 Å². The predicted molar refractivity (Wildman–Crippen MR) is 83.0 cm³/mol. The van der Waals surface area contributed by atoms with Gasteiger partial charge in [-0.2, -0.15) is 0 Å². The van der Waals surface area contributed by atoms with E-state index < -0.39 is 0 Å². The SMILES string of the molecule is COc1cccc(N)c1C(=O)NC(C)(C)CC(C)(C)C. The summed E-state index contributed by atoms with van der Waals surface area (Å²) >= 11 is 0. The molecule has 4 heteroatoms. The van der Waals surface area contributed by atoms with E-state index in [0.29, 0.717) is 17.0 Å².